The summed E-state index contributed by atoms with van der Waals surface area (Å²) in [5, 5.41) is 18.3. The standard InChI is InChI=1S/C32H34N4O6/c1-36-20-25(24-13-6-8-16-28(24)36)30(39)35-27(15-9-19-33-32(41)42-21-22-10-3-2-4-11-22)31(40)34-26-14-7-5-12-23(26)17-18-29(37)38/h2-8,10-14,16,20,27H,9,15,17-19,21H2,1H3,(H,33,41)(H,34,40)(H,35,39)(H,37,38)/t27-/m0/s1. The number of nitrogens with one attached hydrogen (secondary N) is 3. The second kappa shape index (κ2) is 14.5. The SMILES string of the molecule is Cn1cc(C(=O)N[C@@H](CCCNC(=O)OCc2ccccc2)C(=O)Nc2ccccc2CCC(=O)O)c2ccccc21. The second-order valence-electron chi connectivity index (χ2n) is 9.87. The summed E-state index contributed by atoms with van der Waals surface area (Å²) in [5.41, 5.74) is 3.35. The van der Waals surface area contributed by atoms with Crippen LogP contribution in [0.25, 0.3) is 10.9 Å². The van der Waals surface area contributed by atoms with Crippen LogP contribution >= 0.6 is 0 Å². The van der Waals surface area contributed by atoms with E-state index in [0.717, 1.165) is 16.5 Å². The van der Waals surface area contributed by atoms with Crippen LogP contribution < -0.4 is 16.0 Å². The van der Waals surface area contributed by atoms with E-state index >= 15 is 0 Å². The van der Waals surface area contributed by atoms with E-state index in [-0.39, 0.29) is 32.4 Å². The van der Waals surface area contributed by atoms with Crippen LogP contribution in [-0.2, 0) is 34.4 Å². The molecule has 0 aliphatic rings. The van der Waals surface area contributed by atoms with Crippen molar-refractivity contribution in [1.29, 1.82) is 0 Å². The lowest BCUT2D eigenvalue weighted by atomic mass is 10.1. The lowest BCUT2D eigenvalue weighted by Crippen LogP contribution is -2.44. The number of carbonyl (C=O) groups is 4. The monoisotopic (exact) mass is 570 g/mol. The summed E-state index contributed by atoms with van der Waals surface area (Å²) in [4.78, 5) is 50.1. The summed E-state index contributed by atoms with van der Waals surface area (Å²) in [7, 11) is 1.85. The predicted molar refractivity (Wildman–Crippen MR) is 159 cm³/mol. The van der Waals surface area contributed by atoms with Crippen molar-refractivity contribution in [3.8, 4) is 0 Å². The summed E-state index contributed by atoms with van der Waals surface area (Å²) >= 11 is 0. The Hall–Kier alpha value is -5.12. The number of hydrogen-bond donors (Lipinski definition) is 4. The number of rotatable bonds is 13. The first-order valence-electron chi connectivity index (χ1n) is 13.7. The zero-order valence-corrected chi connectivity index (χ0v) is 23.3. The highest BCUT2D eigenvalue weighted by atomic mass is 16.5. The van der Waals surface area contributed by atoms with Gasteiger partial charge in [-0.1, -0.05) is 66.7 Å². The molecule has 0 spiro atoms. The van der Waals surface area contributed by atoms with Crippen molar-refractivity contribution in [3.63, 3.8) is 0 Å². The highest BCUT2D eigenvalue weighted by molar-refractivity contribution is 6.09. The van der Waals surface area contributed by atoms with Crippen LogP contribution in [0, 0.1) is 0 Å². The number of nitrogens with zero attached hydrogens (tertiary/aromatic N) is 1. The molecule has 3 amide bonds. The number of carboxylic acids is 1. The largest absolute Gasteiger partial charge is 0.481 e. The molecule has 10 nitrogen and oxygen atoms in total. The Bertz CT molecular complexity index is 1550. The van der Waals surface area contributed by atoms with Gasteiger partial charge in [-0.2, -0.15) is 0 Å². The number of alkyl carbamates (subject to hydrolysis) is 1. The molecule has 3 aromatic carbocycles. The van der Waals surface area contributed by atoms with Gasteiger partial charge in [-0.05, 0) is 42.5 Å². The number of carboxylic acid groups (broad SMARTS) is 1. The molecular formula is C32H34N4O6. The van der Waals surface area contributed by atoms with Crippen LogP contribution in [0.4, 0.5) is 10.5 Å². The number of carbonyl (C=O) groups excluding carboxylic acids is 3. The second-order valence-corrected chi connectivity index (χ2v) is 9.87. The molecule has 218 valence electrons. The number of para-hydroxylation sites is 2. The molecule has 0 saturated carbocycles. The lowest BCUT2D eigenvalue weighted by Gasteiger charge is -2.20. The average molecular weight is 571 g/mol. The fourth-order valence-corrected chi connectivity index (χ4v) is 4.62. The van der Waals surface area contributed by atoms with Gasteiger partial charge in [0.2, 0.25) is 5.91 Å². The number of amides is 3. The Morgan fingerprint density at radius 3 is 2.43 bits per heavy atom. The predicted octanol–water partition coefficient (Wildman–Crippen LogP) is 4.64. The van der Waals surface area contributed by atoms with Crippen LogP contribution in [-0.4, -0.2) is 46.1 Å². The van der Waals surface area contributed by atoms with Gasteiger partial charge in [-0.25, -0.2) is 4.79 Å². The molecule has 1 aromatic heterocycles. The van der Waals surface area contributed by atoms with Gasteiger partial charge in [0, 0.05) is 42.8 Å². The molecule has 0 saturated heterocycles. The van der Waals surface area contributed by atoms with Gasteiger partial charge in [-0.3, -0.25) is 14.4 Å². The maximum Gasteiger partial charge on any atom is 0.407 e. The van der Waals surface area contributed by atoms with Crippen LogP contribution in [0.2, 0.25) is 0 Å². The smallest absolute Gasteiger partial charge is 0.407 e. The van der Waals surface area contributed by atoms with Gasteiger partial charge >= 0.3 is 12.1 Å². The molecular weight excluding hydrogens is 536 g/mol. The van der Waals surface area contributed by atoms with E-state index in [9.17, 15) is 19.2 Å². The number of benzene rings is 3. The van der Waals surface area contributed by atoms with Crippen molar-refractivity contribution in [2.24, 2.45) is 7.05 Å². The summed E-state index contributed by atoms with van der Waals surface area (Å²) in [6.07, 6.45) is 1.93. The zero-order chi connectivity index (χ0) is 29.9. The number of hydrogen-bond acceptors (Lipinski definition) is 5. The topological polar surface area (TPSA) is 139 Å². The van der Waals surface area contributed by atoms with Gasteiger partial charge in [0.15, 0.2) is 0 Å². The molecule has 0 bridgehead atoms. The molecule has 0 radical (unpaired) electrons. The Morgan fingerprint density at radius 1 is 0.929 bits per heavy atom. The summed E-state index contributed by atoms with van der Waals surface area (Å²) in [6, 6.07) is 22.9. The normalized spacial score (nSPS) is 11.5. The van der Waals surface area contributed by atoms with E-state index in [0.29, 0.717) is 23.2 Å². The Morgan fingerprint density at radius 2 is 1.64 bits per heavy atom. The maximum absolute atomic E-state index is 13.5. The molecule has 4 aromatic rings. The first-order chi connectivity index (χ1) is 20.3. The number of aromatic nitrogens is 1. The molecule has 4 rings (SSSR count). The van der Waals surface area contributed by atoms with Crippen molar-refractivity contribution in [3.05, 3.63) is 102 Å². The Balaban J connectivity index is 1.42. The number of aliphatic carboxylic acids is 1. The van der Waals surface area contributed by atoms with Gasteiger partial charge in [0.25, 0.3) is 5.91 Å². The van der Waals surface area contributed by atoms with Crippen LogP contribution in [0.15, 0.2) is 85.1 Å². The molecule has 0 aliphatic heterocycles. The summed E-state index contributed by atoms with van der Waals surface area (Å²) in [5.74, 6) is -1.79. The van der Waals surface area contributed by atoms with E-state index < -0.39 is 29.9 Å². The van der Waals surface area contributed by atoms with Crippen LogP contribution in [0.5, 0.6) is 0 Å². The quantitative estimate of drug-likeness (QED) is 0.173. The molecule has 0 fully saturated rings. The van der Waals surface area contributed by atoms with Gasteiger partial charge in [-0.15, -0.1) is 0 Å². The van der Waals surface area contributed by atoms with Crippen molar-refractivity contribution in [1.82, 2.24) is 15.2 Å². The van der Waals surface area contributed by atoms with E-state index in [1.54, 1.807) is 30.5 Å². The highest BCUT2D eigenvalue weighted by Crippen LogP contribution is 2.21. The molecule has 42 heavy (non-hydrogen) atoms. The number of anilines is 1. The third kappa shape index (κ3) is 8.20. The fourth-order valence-electron chi connectivity index (χ4n) is 4.62. The maximum atomic E-state index is 13.5. The van der Waals surface area contributed by atoms with E-state index in [4.69, 9.17) is 9.84 Å². The minimum atomic E-state index is -0.939. The van der Waals surface area contributed by atoms with E-state index in [2.05, 4.69) is 16.0 Å². The summed E-state index contributed by atoms with van der Waals surface area (Å²) < 4.78 is 7.09. The molecule has 10 heteroatoms. The molecule has 4 N–H and O–H groups in total. The zero-order valence-electron chi connectivity index (χ0n) is 23.3. The van der Waals surface area contributed by atoms with Gasteiger partial charge in [0.1, 0.15) is 12.6 Å². The first kappa shape index (κ1) is 29.9. The molecule has 0 unspecified atom stereocenters. The van der Waals surface area contributed by atoms with E-state index in [1.807, 2.05) is 66.2 Å². The number of aryl methyl sites for hydroxylation is 2. The van der Waals surface area contributed by atoms with E-state index in [1.165, 1.54) is 0 Å². The van der Waals surface area contributed by atoms with Crippen molar-refractivity contribution in [2.45, 2.75) is 38.3 Å². The minimum absolute atomic E-state index is 0.0832. The van der Waals surface area contributed by atoms with Gasteiger partial charge in [0.05, 0.1) is 5.56 Å². The van der Waals surface area contributed by atoms with Crippen molar-refractivity contribution >= 4 is 40.5 Å². The van der Waals surface area contributed by atoms with Crippen LogP contribution in [0.3, 0.4) is 0 Å². The first-order valence-corrected chi connectivity index (χ1v) is 13.7. The Labute approximate surface area is 243 Å². The molecule has 1 heterocycles. The third-order valence-electron chi connectivity index (χ3n) is 6.80. The molecule has 1 atom stereocenters. The van der Waals surface area contributed by atoms with Crippen molar-refractivity contribution < 1.29 is 29.0 Å². The van der Waals surface area contributed by atoms with Gasteiger partial charge < -0.3 is 30.4 Å². The molecule has 0 aliphatic carbocycles. The Kier molecular flexibility index (Phi) is 10.3. The van der Waals surface area contributed by atoms with Crippen molar-refractivity contribution in [2.75, 3.05) is 11.9 Å². The fraction of sp³-hybridized carbons (Fsp3) is 0.250. The summed E-state index contributed by atoms with van der Waals surface area (Å²) in [6.45, 7) is 0.372. The third-order valence-corrected chi connectivity index (χ3v) is 6.80. The van der Waals surface area contributed by atoms with Crippen LogP contribution in [0.1, 0.15) is 40.7 Å². The highest BCUT2D eigenvalue weighted by Gasteiger charge is 2.24. The minimum Gasteiger partial charge on any atom is -0.481 e. The average Bonchev–Trinajstić information content (AvgIpc) is 3.34. The number of ether oxygens (including phenoxy) is 1. The number of fused-ring (bicyclic) bond motifs is 1. The lowest BCUT2D eigenvalue weighted by molar-refractivity contribution is -0.137.